The van der Waals surface area contributed by atoms with E-state index in [1.807, 2.05) is 0 Å². The normalized spacial score (nSPS) is 21.5. The molecule has 1 aliphatic rings. The first kappa shape index (κ1) is 7.51. The van der Waals surface area contributed by atoms with Crippen LogP contribution >= 0.6 is 0 Å². The minimum atomic E-state index is -1.02. The van der Waals surface area contributed by atoms with E-state index < -0.39 is 11.9 Å². The van der Waals surface area contributed by atoms with Crippen LogP contribution in [0.25, 0.3) is 0 Å². The predicted molar refractivity (Wildman–Crippen MR) is 38.6 cm³/mol. The van der Waals surface area contributed by atoms with Crippen LogP contribution < -0.4 is 0 Å². The number of carbonyl (C=O) groups is 1. The molecule has 0 amide bonds. The third-order valence-corrected chi connectivity index (χ3v) is 1.41. The molecule has 0 aromatic rings. The van der Waals surface area contributed by atoms with E-state index in [1.165, 1.54) is 12.2 Å². The predicted octanol–water partition coefficient (Wildman–Crippen LogP) is 0.571. The molecule has 0 aliphatic heterocycles. The highest BCUT2D eigenvalue weighted by Gasteiger charge is 2.19. The summed E-state index contributed by atoms with van der Waals surface area (Å²) in [7, 11) is 0. The largest absolute Gasteiger partial charge is 0.481 e. The molecule has 56 valence electrons. The van der Waals surface area contributed by atoms with Crippen LogP contribution in [-0.4, -0.2) is 17.0 Å². The van der Waals surface area contributed by atoms with Crippen LogP contribution in [0.2, 0.25) is 0 Å². The smallest absolute Gasteiger partial charge is 0.315 e. The molecule has 1 rings (SSSR count). The number of rotatable bonds is 1. The van der Waals surface area contributed by atoms with Gasteiger partial charge >= 0.3 is 5.97 Å². The summed E-state index contributed by atoms with van der Waals surface area (Å²) in [6, 6.07) is 0. The van der Waals surface area contributed by atoms with Crippen molar-refractivity contribution in [2.24, 2.45) is 5.92 Å². The third-order valence-electron chi connectivity index (χ3n) is 1.41. The monoisotopic (exact) mass is 150 g/mol. The second-order valence-electron chi connectivity index (χ2n) is 2.12. The Bertz CT molecular complexity index is 280. The summed E-state index contributed by atoms with van der Waals surface area (Å²) in [4.78, 5) is 20.6. The van der Waals surface area contributed by atoms with Gasteiger partial charge < -0.3 is 5.11 Å². The molecule has 3 nitrogen and oxygen atoms in total. The van der Waals surface area contributed by atoms with E-state index in [1.54, 1.807) is 18.1 Å². The molecule has 0 fully saturated rings. The van der Waals surface area contributed by atoms with Crippen LogP contribution in [0.15, 0.2) is 29.9 Å². The highest BCUT2D eigenvalue weighted by Crippen LogP contribution is 2.15. The Hall–Kier alpha value is -1.60. The van der Waals surface area contributed by atoms with Crippen LogP contribution in [0.4, 0.5) is 0 Å². The Morgan fingerprint density at radius 1 is 1.55 bits per heavy atom. The molecule has 0 aromatic heterocycles. The van der Waals surface area contributed by atoms with Gasteiger partial charge in [0.2, 0.25) is 0 Å². The maximum Gasteiger partial charge on any atom is 0.315 e. The summed E-state index contributed by atoms with van der Waals surface area (Å²) in [5, 5.41) is 8.55. The second kappa shape index (κ2) is 2.99. The van der Waals surface area contributed by atoms with Gasteiger partial charge in [0.25, 0.3) is 0 Å². The van der Waals surface area contributed by atoms with Gasteiger partial charge in [0.05, 0.1) is 5.57 Å². The number of aliphatic carboxylic acids is 1. The first-order chi connectivity index (χ1) is 5.25. The Morgan fingerprint density at radius 2 is 2.27 bits per heavy atom. The van der Waals surface area contributed by atoms with Crippen molar-refractivity contribution >= 4 is 11.9 Å². The molecule has 3 heteroatoms. The molecule has 0 spiro atoms. The molecule has 0 bridgehead atoms. The first-order valence-corrected chi connectivity index (χ1v) is 3.08. The van der Waals surface area contributed by atoms with Crippen LogP contribution in [0.1, 0.15) is 0 Å². The molecular formula is C8H6O3. The van der Waals surface area contributed by atoms with Gasteiger partial charge in [0, 0.05) is 0 Å². The molecule has 1 aliphatic carbocycles. The van der Waals surface area contributed by atoms with E-state index in [0.29, 0.717) is 0 Å². The molecule has 11 heavy (non-hydrogen) atoms. The van der Waals surface area contributed by atoms with Gasteiger partial charge in [0.1, 0.15) is 11.9 Å². The lowest BCUT2D eigenvalue weighted by Gasteiger charge is -2.06. The molecule has 0 saturated carbocycles. The highest BCUT2D eigenvalue weighted by atomic mass is 16.4. The van der Waals surface area contributed by atoms with E-state index in [0.717, 1.165) is 0 Å². The second-order valence-corrected chi connectivity index (χ2v) is 2.12. The maximum atomic E-state index is 10.4. The number of hydrogen-bond donors (Lipinski definition) is 1. The summed E-state index contributed by atoms with van der Waals surface area (Å²) < 4.78 is 0. The molecule has 1 unspecified atom stereocenters. The summed E-state index contributed by atoms with van der Waals surface area (Å²) in [6.07, 6.45) is 6.10. The molecule has 0 aromatic carbocycles. The minimum Gasteiger partial charge on any atom is -0.481 e. The molecular weight excluding hydrogens is 144 g/mol. The first-order valence-electron chi connectivity index (χ1n) is 3.08. The Balaban J connectivity index is 2.97. The van der Waals surface area contributed by atoms with E-state index in [4.69, 9.17) is 5.11 Å². The molecule has 0 heterocycles. The molecule has 0 saturated heterocycles. The van der Waals surface area contributed by atoms with E-state index in [2.05, 4.69) is 0 Å². The van der Waals surface area contributed by atoms with Crippen molar-refractivity contribution in [2.75, 3.05) is 0 Å². The van der Waals surface area contributed by atoms with Crippen LogP contribution in [-0.2, 0) is 9.59 Å². The topological polar surface area (TPSA) is 54.4 Å². The lowest BCUT2D eigenvalue weighted by molar-refractivity contribution is -0.138. The van der Waals surface area contributed by atoms with Gasteiger partial charge in [-0.3, -0.25) is 4.79 Å². The standard InChI is InChI=1S/C8H6O3/c9-5-6-3-1-2-4-7(6)8(10)11/h1-4,7H,(H,10,11). The van der Waals surface area contributed by atoms with Gasteiger partial charge in [-0.1, -0.05) is 18.2 Å². The van der Waals surface area contributed by atoms with E-state index in [9.17, 15) is 9.59 Å². The van der Waals surface area contributed by atoms with Crippen LogP contribution in [0, 0.1) is 5.92 Å². The zero-order chi connectivity index (χ0) is 8.27. The van der Waals surface area contributed by atoms with Gasteiger partial charge in [0.15, 0.2) is 0 Å². The van der Waals surface area contributed by atoms with Crippen LogP contribution in [0.5, 0.6) is 0 Å². The lowest BCUT2D eigenvalue weighted by Crippen LogP contribution is -2.14. The van der Waals surface area contributed by atoms with Gasteiger partial charge in [-0.05, 0) is 6.08 Å². The van der Waals surface area contributed by atoms with Gasteiger partial charge in [-0.25, -0.2) is 4.79 Å². The lowest BCUT2D eigenvalue weighted by atomic mass is 9.96. The van der Waals surface area contributed by atoms with Crippen molar-refractivity contribution in [2.45, 2.75) is 0 Å². The summed E-state index contributed by atoms with van der Waals surface area (Å²) >= 11 is 0. The maximum absolute atomic E-state index is 10.4. The Labute approximate surface area is 63.3 Å². The number of carbonyl (C=O) groups excluding carboxylic acids is 1. The summed E-state index contributed by atoms with van der Waals surface area (Å²) in [5.41, 5.74) is 0.167. The van der Waals surface area contributed by atoms with Crippen LogP contribution in [0.3, 0.4) is 0 Å². The van der Waals surface area contributed by atoms with Crippen molar-refractivity contribution in [3.63, 3.8) is 0 Å². The van der Waals surface area contributed by atoms with E-state index >= 15 is 0 Å². The van der Waals surface area contributed by atoms with E-state index in [-0.39, 0.29) is 5.57 Å². The van der Waals surface area contributed by atoms with Crippen molar-refractivity contribution in [1.82, 2.24) is 0 Å². The molecule has 1 atom stereocenters. The van der Waals surface area contributed by atoms with Gasteiger partial charge in [-0.15, -0.1) is 0 Å². The van der Waals surface area contributed by atoms with Gasteiger partial charge in [-0.2, -0.15) is 0 Å². The van der Waals surface area contributed by atoms with Crippen molar-refractivity contribution < 1.29 is 14.7 Å². The van der Waals surface area contributed by atoms with Crippen molar-refractivity contribution in [3.05, 3.63) is 29.9 Å². The fraction of sp³-hybridized carbons (Fsp3) is 0.125. The van der Waals surface area contributed by atoms with Crippen molar-refractivity contribution in [3.8, 4) is 0 Å². The summed E-state index contributed by atoms with van der Waals surface area (Å²) in [6.45, 7) is 0. The average Bonchev–Trinajstić information content (AvgIpc) is 2.04. The zero-order valence-corrected chi connectivity index (χ0v) is 5.65. The molecule has 1 N–H and O–H groups in total. The number of carboxylic acid groups (broad SMARTS) is 1. The quantitative estimate of drug-likeness (QED) is 0.556. The fourth-order valence-corrected chi connectivity index (χ4v) is 0.855. The molecule has 0 radical (unpaired) electrons. The fourth-order valence-electron chi connectivity index (χ4n) is 0.855. The number of allylic oxidation sites excluding steroid dienone is 3. The van der Waals surface area contributed by atoms with Crippen molar-refractivity contribution in [1.29, 1.82) is 0 Å². The average molecular weight is 150 g/mol. The Morgan fingerprint density at radius 3 is 2.73 bits per heavy atom. The zero-order valence-electron chi connectivity index (χ0n) is 5.65. The third kappa shape index (κ3) is 1.45. The minimum absolute atomic E-state index is 0.167. The highest BCUT2D eigenvalue weighted by molar-refractivity contribution is 5.82. The SMILES string of the molecule is O=C=C1C=CC=CC1C(=O)O. The Kier molecular flexibility index (Phi) is 2.04. The number of carboxylic acids is 1. The number of hydrogen-bond acceptors (Lipinski definition) is 2. The summed E-state index contributed by atoms with van der Waals surface area (Å²) in [5.74, 6) is -0.263.